The highest BCUT2D eigenvalue weighted by Crippen LogP contribution is 2.23. The molecule has 3 heteroatoms. The quantitative estimate of drug-likeness (QED) is 0.717. The van der Waals surface area contributed by atoms with E-state index in [-0.39, 0.29) is 5.82 Å². The Labute approximate surface area is 109 Å². The molecule has 0 spiro atoms. The zero-order valence-corrected chi connectivity index (χ0v) is 11.0. The van der Waals surface area contributed by atoms with Crippen molar-refractivity contribution in [2.24, 2.45) is 0 Å². The van der Waals surface area contributed by atoms with E-state index in [2.05, 4.69) is 5.32 Å². The smallest absolute Gasteiger partial charge is 0.123 e. The molecule has 0 bridgehead atoms. The van der Waals surface area contributed by atoms with Crippen molar-refractivity contribution >= 4 is 0 Å². The van der Waals surface area contributed by atoms with Gasteiger partial charge in [0.05, 0.1) is 0 Å². The number of hydrogen-bond donors (Lipinski definition) is 1. The van der Waals surface area contributed by atoms with Crippen LogP contribution < -0.4 is 5.32 Å². The fourth-order valence-electron chi connectivity index (χ4n) is 2.09. The van der Waals surface area contributed by atoms with Crippen LogP contribution in [-0.4, -0.2) is 25.8 Å². The largest absolute Gasteiger partial charge is 0.382 e. The summed E-state index contributed by atoms with van der Waals surface area (Å²) in [5, 5.41) is 3.55. The Morgan fingerprint density at radius 2 is 2.06 bits per heavy atom. The average Bonchev–Trinajstić information content (AvgIpc) is 3.19. The van der Waals surface area contributed by atoms with E-state index in [1.807, 2.05) is 19.1 Å². The first-order valence-electron chi connectivity index (χ1n) is 6.86. The van der Waals surface area contributed by atoms with E-state index >= 15 is 0 Å². The molecule has 1 aliphatic rings. The van der Waals surface area contributed by atoms with Gasteiger partial charge < -0.3 is 10.1 Å². The van der Waals surface area contributed by atoms with Crippen molar-refractivity contribution < 1.29 is 9.13 Å². The second-order valence-electron chi connectivity index (χ2n) is 4.92. The first-order valence-corrected chi connectivity index (χ1v) is 6.86. The molecule has 0 radical (unpaired) electrons. The summed E-state index contributed by atoms with van der Waals surface area (Å²) in [7, 11) is 0. The predicted molar refractivity (Wildman–Crippen MR) is 71.3 cm³/mol. The highest BCUT2D eigenvalue weighted by Gasteiger charge is 2.22. The molecule has 2 nitrogen and oxygen atoms in total. The zero-order chi connectivity index (χ0) is 12.8. The molecule has 0 aromatic heterocycles. The fraction of sp³-hybridized carbons (Fsp3) is 0.600. The van der Waals surface area contributed by atoms with Crippen LogP contribution in [0, 0.1) is 5.82 Å². The molecule has 0 heterocycles. The highest BCUT2D eigenvalue weighted by molar-refractivity contribution is 5.21. The molecular weight excluding hydrogens is 229 g/mol. The minimum Gasteiger partial charge on any atom is -0.382 e. The molecule has 100 valence electrons. The van der Waals surface area contributed by atoms with E-state index in [1.54, 1.807) is 12.1 Å². The summed E-state index contributed by atoms with van der Waals surface area (Å²) in [6.07, 6.45) is 3.57. The third kappa shape index (κ3) is 4.39. The highest BCUT2D eigenvalue weighted by atomic mass is 19.1. The lowest BCUT2D eigenvalue weighted by Crippen LogP contribution is -2.24. The van der Waals surface area contributed by atoms with Gasteiger partial charge in [-0.05, 0) is 49.8 Å². The molecule has 1 aliphatic carbocycles. The first-order chi connectivity index (χ1) is 8.79. The number of rotatable bonds is 8. The summed E-state index contributed by atoms with van der Waals surface area (Å²) in [5.74, 6) is 0.246. The Hall–Kier alpha value is -0.930. The van der Waals surface area contributed by atoms with Gasteiger partial charge in [-0.15, -0.1) is 0 Å². The SMILES string of the molecule is CCOCCC(CNC1CC1)c1ccc(F)cc1. The van der Waals surface area contributed by atoms with Gasteiger partial charge in [0.25, 0.3) is 0 Å². The summed E-state index contributed by atoms with van der Waals surface area (Å²) < 4.78 is 18.4. The predicted octanol–water partition coefficient (Wildman–Crippen LogP) is 3.09. The molecule has 1 aromatic rings. The topological polar surface area (TPSA) is 21.3 Å². The van der Waals surface area contributed by atoms with E-state index in [4.69, 9.17) is 4.74 Å². The Morgan fingerprint density at radius 1 is 1.33 bits per heavy atom. The standard InChI is InChI=1S/C15H22FNO/c1-2-18-10-9-13(11-17-15-7-8-15)12-3-5-14(16)6-4-12/h3-6,13,15,17H,2,7-11H2,1H3. The van der Waals surface area contributed by atoms with Crippen molar-refractivity contribution in [2.75, 3.05) is 19.8 Å². The van der Waals surface area contributed by atoms with Crippen molar-refractivity contribution in [2.45, 2.75) is 38.1 Å². The van der Waals surface area contributed by atoms with E-state index in [0.29, 0.717) is 12.0 Å². The molecule has 1 N–H and O–H groups in total. The average molecular weight is 251 g/mol. The van der Waals surface area contributed by atoms with Crippen LogP contribution in [0.25, 0.3) is 0 Å². The van der Waals surface area contributed by atoms with Crippen LogP contribution in [0.5, 0.6) is 0 Å². The van der Waals surface area contributed by atoms with E-state index in [0.717, 1.165) is 26.2 Å². The Balaban J connectivity index is 1.90. The van der Waals surface area contributed by atoms with Gasteiger partial charge in [-0.2, -0.15) is 0 Å². The van der Waals surface area contributed by atoms with Crippen molar-refractivity contribution in [3.63, 3.8) is 0 Å². The molecule has 1 fully saturated rings. The molecule has 0 saturated heterocycles. The molecule has 0 amide bonds. The van der Waals surface area contributed by atoms with E-state index in [9.17, 15) is 4.39 Å². The number of ether oxygens (including phenoxy) is 1. The summed E-state index contributed by atoms with van der Waals surface area (Å²) in [6.45, 7) is 4.50. The van der Waals surface area contributed by atoms with Crippen LogP contribution in [0.15, 0.2) is 24.3 Å². The van der Waals surface area contributed by atoms with Gasteiger partial charge in [-0.3, -0.25) is 0 Å². The van der Waals surface area contributed by atoms with Crippen LogP contribution in [-0.2, 0) is 4.74 Å². The summed E-state index contributed by atoms with van der Waals surface area (Å²) in [4.78, 5) is 0. The second kappa shape index (κ2) is 6.86. The van der Waals surface area contributed by atoms with E-state index < -0.39 is 0 Å². The lowest BCUT2D eigenvalue weighted by atomic mass is 9.96. The van der Waals surface area contributed by atoms with Gasteiger partial charge in [-0.1, -0.05) is 12.1 Å². The third-order valence-electron chi connectivity index (χ3n) is 3.39. The van der Waals surface area contributed by atoms with E-state index in [1.165, 1.54) is 18.4 Å². The summed E-state index contributed by atoms with van der Waals surface area (Å²) in [5.41, 5.74) is 1.20. The van der Waals surface area contributed by atoms with Crippen LogP contribution in [0.4, 0.5) is 4.39 Å². The lowest BCUT2D eigenvalue weighted by Gasteiger charge is -2.18. The molecule has 2 rings (SSSR count). The van der Waals surface area contributed by atoms with Crippen molar-refractivity contribution in [1.29, 1.82) is 0 Å². The molecule has 1 aromatic carbocycles. The third-order valence-corrected chi connectivity index (χ3v) is 3.39. The van der Waals surface area contributed by atoms with Crippen molar-refractivity contribution in [1.82, 2.24) is 5.32 Å². The Morgan fingerprint density at radius 3 is 2.67 bits per heavy atom. The second-order valence-corrected chi connectivity index (χ2v) is 4.92. The van der Waals surface area contributed by atoms with Gasteiger partial charge in [-0.25, -0.2) is 4.39 Å². The number of hydrogen-bond acceptors (Lipinski definition) is 2. The first kappa shape index (κ1) is 13.5. The van der Waals surface area contributed by atoms with Crippen LogP contribution in [0.1, 0.15) is 37.7 Å². The maximum atomic E-state index is 12.9. The molecular formula is C15H22FNO. The van der Waals surface area contributed by atoms with Crippen molar-refractivity contribution in [3.05, 3.63) is 35.6 Å². The van der Waals surface area contributed by atoms with Crippen molar-refractivity contribution in [3.8, 4) is 0 Å². The molecule has 18 heavy (non-hydrogen) atoms. The van der Waals surface area contributed by atoms with Gasteiger partial charge in [0.15, 0.2) is 0 Å². The van der Waals surface area contributed by atoms with Gasteiger partial charge in [0.1, 0.15) is 5.82 Å². The minimum absolute atomic E-state index is 0.169. The molecule has 1 atom stereocenters. The lowest BCUT2D eigenvalue weighted by molar-refractivity contribution is 0.139. The van der Waals surface area contributed by atoms with Crippen LogP contribution in [0.2, 0.25) is 0 Å². The number of nitrogens with one attached hydrogen (secondary N) is 1. The van der Waals surface area contributed by atoms with Gasteiger partial charge in [0, 0.05) is 25.8 Å². The molecule has 0 aliphatic heterocycles. The maximum absolute atomic E-state index is 12.9. The summed E-state index contributed by atoms with van der Waals surface area (Å²) in [6, 6.07) is 7.57. The maximum Gasteiger partial charge on any atom is 0.123 e. The fourth-order valence-corrected chi connectivity index (χ4v) is 2.09. The van der Waals surface area contributed by atoms with Crippen LogP contribution >= 0.6 is 0 Å². The normalized spacial score (nSPS) is 16.8. The Kier molecular flexibility index (Phi) is 5.14. The monoisotopic (exact) mass is 251 g/mol. The molecule has 1 saturated carbocycles. The zero-order valence-electron chi connectivity index (χ0n) is 11.0. The van der Waals surface area contributed by atoms with Gasteiger partial charge >= 0.3 is 0 Å². The number of halogens is 1. The minimum atomic E-state index is -0.169. The number of benzene rings is 1. The Bertz CT molecular complexity index is 348. The summed E-state index contributed by atoms with van der Waals surface area (Å²) >= 11 is 0. The molecule has 1 unspecified atom stereocenters. The van der Waals surface area contributed by atoms with Crippen LogP contribution in [0.3, 0.4) is 0 Å². The van der Waals surface area contributed by atoms with Gasteiger partial charge in [0.2, 0.25) is 0 Å².